The maximum atomic E-state index is 11.6. The van der Waals surface area contributed by atoms with E-state index in [9.17, 15) is 15.3 Å². The van der Waals surface area contributed by atoms with Gasteiger partial charge >= 0.3 is 0 Å². The van der Waals surface area contributed by atoms with Crippen LogP contribution in [0.1, 0.15) is 41.0 Å². The quantitative estimate of drug-likeness (QED) is 0.186. The van der Waals surface area contributed by atoms with Crippen LogP contribution in [0, 0.1) is 7.14 Å². The number of halogens is 2. The zero-order chi connectivity index (χ0) is 23.7. The summed E-state index contributed by atoms with van der Waals surface area (Å²) in [5, 5.41) is 33.9. The van der Waals surface area contributed by atoms with Gasteiger partial charge < -0.3 is 20.1 Å². The average Bonchev–Trinajstić information content (AvgIpc) is 2.80. The van der Waals surface area contributed by atoms with Crippen molar-refractivity contribution in [3.05, 3.63) is 95.6 Å². The van der Waals surface area contributed by atoms with Crippen molar-refractivity contribution >= 4 is 62.0 Å². The van der Waals surface area contributed by atoms with Gasteiger partial charge in [0.2, 0.25) is 0 Å². The SMILES string of the molecule is CC1c2cc(O)ccc2C=C(C2c3cc(I)cc(I)c3Oc3ccc4ccc(O)cc4c32)C1O. The molecule has 0 aromatic heterocycles. The first-order valence-corrected chi connectivity index (χ1v) is 13.1. The molecular formula is C28H20I2O4. The van der Waals surface area contributed by atoms with Gasteiger partial charge in [0, 0.05) is 26.5 Å². The molecule has 0 amide bonds. The Bertz CT molecular complexity index is 1530. The van der Waals surface area contributed by atoms with Gasteiger partial charge in [0.25, 0.3) is 0 Å². The first-order chi connectivity index (χ1) is 16.3. The number of hydrogen-bond acceptors (Lipinski definition) is 4. The molecule has 4 nitrogen and oxygen atoms in total. The molecule has 4 aromatic rings. The number of phenols is 2. The second-order valence-corrected chi connectivity index (χ2v) is 11.3. The Morgan fingerprint density at radius 2 is 1.59 bits per heavy atom. The molecule has 6 heteroatoms. The molecule has 1 aliphatic heterocycles. The van der Waals surface area contributed by atoms with Crippen molar-refractivity contribution in [1.82, 2.24) is 0 Å². The Morgan fingerprint density at radius 1 is 0.853 bits per heavy atom. The summed E-state index contributed by atoms with van der Waals surface area (Å²) in [4.78, 5) is 0. The summed E-state index contributed by atoms with van der Waals surface area (Å²) >= 11 is 4.62. The van der Waals surface area contributed by atoms with Crippen molar-refractivity contribution in [2.75, 3.05) is 0 Å². The van der Waals surface area contributed by atoms with E-state index in [1.807, 2.05) is 31.2 Å². The Morgan fingerprint density at radius 3 is 2.41 bits per heavy atom. The Balaban J connectivity index is 1.69. The fourth-order valence-electron chi connectivity index (χ4n) is 5.28. The van der Waals surface area contributed by atoms with E-state index in [1.54, 1.807) is 24.3 Å². The maximum Gasteiger partial charge on any atom is 0.144 e. The van der Waals surface area contributed by atoms with Crippen LogP contribution < -0.4 is 4.74 Å². The minimum atomic E-state index is -0.749. The van der Waals surface area contributed by atoms with E-state index < -0.39 is 6.10 Å². The van der Waals surface area contributed by atoms with Crippen LogP contribution in [0.2, 0.25) is 0 Å². The first-order valence-electron chi connectivity index (χ1n) is 11.0. The van der Waals surface area contributed by atoms with Crippen LogP contribution in [0.5, 0.6) is 23.0 Å². The molecule has 2 aliphatic rings. The third kappa shape index (κ3) is 3.41. The van der Waals surface area contributed by atoms with Gasteiger partial charge in [-0.3, -0.25) is 0 Å². The lowest BCUT2D eigenvalue weighted by Gasteiger charge is -2.37. The van der Waals surface area contributed by atoms with E-state index in [0.29, 0.717) is 0 Å². The Labute approximate surface area is 224 Å². The van der Waals surface area contributed by atoms with Crippen LogP contribution in [0.25, 0.3) is 16.8 Å². The van der Waals surface area contributed by atoms with Crippen LogP contribution >= 0.6 is 45.2 Å². The van der Waals surface area contributed by atoms with E-state index in [4.69, 9.17) is 4.74 Å². The molecule has 0 bridgehead atoms. The van der Waals surface area contributed by atoms with E-state index in [0.717, 1.165) is 57.2 Å². The van der Waals surface area contributed by atoms with Gasteiger partial charge in [0.15, 0.2) is 0 Å². The predicted molar refractivity (Wildman–Crippen MR) is 150 cm³/mol. The van der Waals surface area contributed by atoms with Crippen LogP contribution in [-0.4, -0.2) is 21.4 Å². The highest BCUT2D eigenvalue weighted by Gasteiger charge is 2.39. The molecule has 170 valence electrons. The molecule has 34 heavy (non-hydrogen) atoms. The number of aromatic hydroxyl groups is 2. The van der Waals surface area contributed by atoms with Crippen molar-refractivity contribution in [2.24, 2.45) is 0 Å². The van der Waals surface area contributed by atoms with E-state index >= 15 is 0 Å². The van der Waals surface area contributed by atoms with Gasteiger partial charge in [0.1, 0.15) is 23.0 Å². The van der Waals surface area contributed by atoms with Crippen molar-refractivity contribution in [3.63, 3.8) is 0 Å². The second kappa shape index (κ2) is 8.13. The number of rotatable bonds is 1. The summed E-state index contributed by atoms with van der Waals surface area (Å²) in [5.41, 5.74) is 4.74. The standard InChI is InChI=1S/C28H20I2O4/c1-13-19-11-17(31)6-3-15(19)8-21(27(13)33)25-22-9-16(29)10-23(30)28(22)34-24-7-4-14-2-5-18(32)12-20(14)26(24)25/h2-13,25,27,31-33H,1H3. The lowest BCUT2D eigenvalue weighted by atomic mass is 9.71. The second-order valence-electron chi connectivity index (χ2n) is 8.91. The molecule has 0 saturated carbocycles. The summed E-state index contributed by atoms with van der Waals surface area (Å²) in [6, 6.07) is 18.9. The van der Waals surface area contributed by atoms with E-state index in [-0.39, 0.29) is 23.3 Å². The van der Waals surface area contributed by atoms with Gasteiger partial charge in [-0.15, -0.1) is 0 Å². The lowest BCUT2D eigenvalue weighted by molar-refractivity contribution is 0.178. The number of aliphatic hydroxyl groups excluding tert-OH is 1. The van der Waals surface area contributed by atoms with Crippen LogP contribution in [0.4, 0.5) is 0 Å². The molecule has 3 N–H and O–H groups in total. The third-order valence-electron chi connectivity index (χ3n) is 6.89. The normalized spacial score (nSPS) is 20.7. The zero-order valence-electron chi connectivity index (χ0n) is 18.1. The zero-order valence-corrected chi connectivity index (χ0v) is 22.4. The largest absolute Gasteiger partial charge is 0.508 e. The van der Waals surface area contributed by atoms with E-state index in [1.165, 1.54) is 0 Å². The minimum absolute atomic E-state index is 0.190. The molecule has 4 aromatic carbocycles. The van der Waals surface area contributed by atoms with Gasteiger partial charge in [-0.25, -0.2) is 0 Å². The van der Waals surface area contributed by atoms with Gasteiger partial charge in [-0.05, 0) is 115 Å². The first kappa shape index (κ1) is 22.2. The van der Waals surface area contributed by atoms with Crippen LogP contribution in [-0.2, 0) is 0 Å². The molecule has 3 atom stereocenters. The summed E-state index contributed by atoms with van der Waals surface area (Å²) in [7, 11) is 0. The van der Waals surface area contributed by atoms with Crippen LogP contribution in [0.15, 0.2) is 66.2 Å². The van der Waals surface area contributed by atoms with Gasteiger partial charge in [0.05, 0.1) is 9.67 Å². The van der Waals surface area contributed by atoms with Crippen molar-refractivity contribution < 1.29 is 20.1 Å². The highest BCUT2D eigenvalue weighted by molar-refractivity contribution is 14.1. The summed E-state index contributed by atoms with van der Waals surface area (Å²) in [5.74, 6) is 1.47. The maximum absolute atomic E-state index is 11.6. The number of aliphatic hydroxyl groups is 1. The topological polar surface area (TPSA) is 69.9 Å². The van der Waals surface area contributed by atoms with Crippen molar-refractivity contribution in [2.45, 2.75) is 24.9 Å². The molecule has 0 fully saturated rings. The van der Waals surface area contributed by atoms with Crippen molar-refractivity contribution in [1.29, 1.82) is 0 Å². The number of hydrogen-bond donors (Lipinski definition) is 3. The summed E-state index contributed by atoms with van der Waals surface area (Å²) in [6.45, 7) is 1.99. The summed E-state index contributed by atoms with van der Waals surface area (Å²) in [6.07, 6.45) is 1.30. The molecule has 1 aliphatic carbocycles. The number of benzene rings is 4. The lowest BCUT2D eigenvalue weighted by Crippen LogP contribution is -2.28. The van der Waals surface area contributed by atoms with Gasteiger partial charge in [-0.1, -0.05) is 31.2 Å². The minimum Gasteiger partial charge on any atom is -0.508 e. The molecule has 3 unspecified atom stereocenters. The third-order valence-corrected chi connectivity index (χ3v) is 8.31. The van der Waals surface area contributed by atoms with E-state index in [2.05, 4.69) is 63.4 Å². The number of fused-ring (bicyclic) bond motifs is 5. The predicted octanol–water partition coefficient (Wildman–Crippen LogP) is 7.26. The summed E-state index contributed by atoms with van der Waals surface area (Å²) < 4.78 is 8.54. The number of phenolic OH excluding ortho intramolecular Hbond substituents is 2. The fraction of sp³-hybridized carbons (Fsp3) is 0.143. The Kier molecular flexibility index (Phi) is 5.31. The molecule has 0 spiro atoms. The molecule has 1 heterocycles. The Hall–Kier alpha value is -2.30. The monoisotopic (exact) mass is 674 g/mol. The average molecular weight is 674 g/mol. The van der Waals surface area contributed by atoms with Crippen LogP contribution in [0.3, 0.4) is 0 Å². The number of ether oxygens (including phenoxy) is 1. The molecule has 6 rings (SSSR count). The van der Waals surface area contributed by atoms with Crippen molar-refractivity contribution in [3.8, 4) is 23.0 Å². The molecule has 0 saturated heterocycles. The highest BCUT2D eigenvalue weighted by Crippen LogP contribution is 2.54. The fourth-order valence-corrected chi connectivity index (χ4v) is 7.28. The molecule has 0 radical (unpaired) electrons. The highest BCUT2D eigenvalue weighted by atomic mass is 127. The van der Waals surface area contributed by atoms with Gasteiger partial charge in [-0.2, -0.15) is 0 Å². The smallest absolute Gasteiger partial charge is 0.144 e. The molecular weight excluding hydrogens is 654 g/mol.